The monoisotopic (exact) mass is 365 g/mol. The summed E-state index contributed by atoms with van der Waals surface area (Å²) in [6.45, 7) is 2.71. The van der Waals surface area contributed by atoms with Gasteiger partial charge in [0.1, 0.15) is 18.0 Å². The minimum Gasteiger partial charge on any atom is -0.488 e. The van der Waals surface area contributed by atoms with Crippen LogP contribution in [0.5, 0.6) is 5.75 Å². The number of carbonyl (C=O) groups is 2. The first-order valence-electron chi connectivity index (χ1n) is 9.41. The molecule has 1 amide bonds. The second-order valence-electron chi connectivity index (χ2n) is 7.12. The first kappa shape index (κ1) is 17.7. The van der Waals surface area contributed by atoms with E-state index in [1.54, 1.807) is 6.92 Å². The first-order chi connectivity index (χ1) is 13.1. The van der Waals surface area contributed by atoms with Gasteiger partial charge in [0, 0.05) is 18.6 Å². The van der Waals surface area contributed by atoms with E-state index in [0.29, 0.717) is 13.2 Å². The van der Waals surface area contributed by atoms with Crippen molar-refractivity contribution >= 4 is 11.7 Å². The molecule has 2 atom stereocenters. The van der Waals surface area contributed by atoms with Crippen LogP contribution >= 0.6 is 0 Å². The van der Waals surface area contributed by atoms with E-state index < -0.39 is 0 Å². The average Bonchev–Trinajstić information content (AvgIpc) is 3.35. The Bertz CT molecular complexity index is 870. The summed E-state index contributed by atoms with van der Waals surface area (Å²) in [5.41, 5.74) is 3.76. The summed E-state index contributed by atoms with van der Waals surface area (Å²) < 4.78 is 11.4. The van der Waals surface area contributed by atoms with E-state index in [4.69, 9.17) is 9.47 Å². The van der Waals surface area contributed by atoms with Gasteiger partial charge < -0.3 is 14.8 Å². The lowest BCUT2D eigenvalue weighted by Crippen LogP contribution is -2.40. The molecule has 2 aliphatic heterocycles. The van der Waals surface area contributed by atoms with E-state index in [1.165, 1.54) is 0 Å². The number of fused-ring (bicyclic) bond motifs is 1. The van der Waals surface area contributed by atoms with Gasteiger partial charge in [0.15, 0.2) is 5.78 Å². The van der Waals surface area contributed by atoms with Crippen molar-refractivity contribution < 1.29 is 19.1 Å². The summed E-state index contributed by atoms with van der Waals surface area (Å²) in [6.07, 6.45) is 2.06. The molecule has 27 heavy (non-hydrogen) atoms. The number of hydrogen-bond acceptors (Lipinski definition) is 4. The lowest BCUT2D eigenvalue weighted by Gasteiger charge is -2.14. The third kappa shape index (κ3) is 3.74. The second kappa shape index (κ2) is 7.53. The summed E-state index contributed by atoms with van der Waals surface area (Å²) in [4.78, 5) is 24.0. The molecule has 2 aromatic rings. The molecule has 2 aliphatic rings. The van der Waals surface area contributed by atoms with Crippen molar-refractivity contribution in [2.45, 2.75) is 38.4 Å². The van der Waals surface area contributed by atoms with Crippen LogP contribution in [0.15, 0.2) is 42.5 Å². The zero-order valence-electron chi connectivity index (χ0n) is 15.4. The molecule has 2 aromatic carbocycles. The number of ether oxygens (including phenoxy) is 2. The number of carbonyl (C=O) groups excluding carboxylic acids is 2. The maximum Gasteiger partial charge on any atom is 0.249 e. The van der Waals surface area contributed by atoms with Crippen LogP contribution in [0.2, 0.25) is 0 Å². The van der Waals surface area contributed by atoms with Gasteiger partial charge in [-0.1, -0.05) is 30.3 Å². The molecule has 140 valence electrons. The minimum absolute atomic E-state index is 0.0527. The molecule has 0 unspecified atom stereocenters. The van der Waals surface area contributed by atoms with Gasteiger partial charge in [-0.3, -0.25) is 9.59 Å². The predicted molar refractivity (Wildman–Crippen MR) is 102 cm³/mol. The Labute approximate surface area is 158 Å². The van der Waals surface area contributed by atoms with E-state index in [1.807, 2.05) is 36.4 Å². The molecule has 1 fully saturated rings. The molecule has 0 aliphatic carbocycles. The molecular weight excluding hydrogens is 342 g/mol. The third-order valence-electron chi connectivity index (χ3n) is 5.15. The van der Waals surface area contributed by atoms with Gasteiger partial charge >= 0.3 is 0 Å². The van der Waals surface area contributed by atoms with Crippen molar-refractivity contribution in [3.8, 4) is 16.9 Å². The Kier molecular flexibility index (Phi) is 4.94. The molecule has 2 heterocycles. The van der Waals surface area contributed by atoms with E-state index in [9.17, 15) is 9.59 Å². The fraction of sp³-hybridized carbons (Fsp3) is 0.364. The quantitative estimate of drug-likeness (QED) is 0.827. The van der Waals surface area contributed by atoms with Crippen molar-refractivity contribution in [3.63, 3.8) is 0 Å². The summed E-state index contributed by atoms with van der Waals surface area (Å²) >= 11 is 0. The lowest BCUT2D eigenvalue weighted by molar-refractivity contribution is -0.130. The molecule has 4 rings (SSSR count). The normalized spacial score (nSPS) is 20.8. The largest absolute Gasteiger partial charge is 0.488 e. The number of hydrogen-bond donors (Lipinski definition) is 1. The topological polar surface area (TPSA) is 64.6 Å². The van der Waals surface area contributed by atoms with Crippen molar-refractivity contribution in [1.29, 1.82) is 0 Å². The van der Waals surface area contributed by atoms with Crippen LogP contribution in [0.4, 0.5) is 0 Å². The number of amides is 1. The second-order valence-corrected chi connectivity index (χ2v) is 7.12. The predicted octanol–water partition coefficient (Wildman–Crippen LogP) is 3.15. The maximum atomic E-state index is 12.1. The Morgan fingerprint density at radius 3 is 2.81 bits per heavy atom. The Hall–Kier alpha value is -2.66. The molecule has 0 bridgehead atoms. The minimum atomic E-state index is -0.316. The van der Waals surface area contributed by atoms with Gasteiger partial charge in [0.05, 0.1) is 6.54 Å². The van der Waals surface area contributed by atoms with Crippen molar-refractivity contribution in [3.05, 3.63) is 53.6 Å². The third-order valence-corrected chi connectivity index (χ3v) is 5.15. The fourth-order valence-electron chi connectivity index (χ4n) is 3.76. The standard InChI is InChI=1S/C22H23NO4/c1-14(24)18-5-2-3-6-19(18)15-8-9-20-16(11-15)12-17(27-20)13-23-22(25)21-7-4-10-26-21/h2-3,5-6,8-9,11,17,21H,4,7,10,12-13H2,1H3,(H,23,25)/t17-,21+/m0/s1. The van der Waals surface area contributed by atoms with Crippen LogP contribution in [0, 0.1) is 0 Å². The highest BCUT2D eigenvalue weighted by molar-refractivity contribution is 6.00. The number of nitrogens with one attached hydrogen (secondary N) is 1. The van der Waals surface area contributed by atoms with Gasteiger partial charge in [-0.2, -0.15) is 0 Å². The number of Topliss-reactive ketones (excluding diaryl/α,β-unsaturated/α-hetero) is 1. The highest BCUT2D eigenvalue weighted by Crippen LogP contribution is 2.34. The lowest BCUT2D eigenvalue weighted by atomic mass is 9.95. The Morgan fingerprint density at radius 2 is 2.04 bits per heavy atom. The van der Waals surface area contributed by atoms with Crippen LogP contribution in [0.3, 0.4) is 0 Å². The van der Waals surface area contributed by atoms with E-state index >= 15 is 0 Å². The van der Waals surface area contributed by atoms with E-state index in [2.05, 4.69) is 11.4 Å². The number of rotatable bonds is 5. The van der Waals surface area contributed by atoms with Gasteiger partial charge in [-0.15, -0.1) is 0 Å². The summed E-state index contributed by atoms with van der Waals surface area (Å²) in [6, 6.07) is 13.6. The Morgan fingerprint density at radius 1 is 1.19 bits per heavy atom. The average molecular weight is 365 g/mol. The molecule has 1 saturated heterocycles. The van der Waals surface area contributed by atoms with E-state index in [-0.39, 0.29) is 23.9 Å². The van der Waals surface area contributed by atoms with Crippen LogP contribution in [-0.4, -0.2) is 37.0 Å². The SMILES string of the molecule is CC(=O)c1ccccc1-c1ccc2c(c1)C[C@@H](CNC(=O)[C@H]1CCCO1)O2. The summed E-state index contributed by atoms with van der Waals surface area (Å²) in [5.74, 6) is 0.843. The Balaban J connectivity index is 1.44. The van der Waals surface area contributed by atoms with Crippen molar-refractivity contribution in [2.24, 2.45) is 0 Å². The molecule has 1 N–H and O–H groups in total. The number of ketones is 1. The molecule has 5 nitrogen and oxygen atoms in total. The summed E-state index contributed by atoms with van der Waals surface area (Å²) in [5, 5.41) is 2.94. The van der Waals surface area contributed by atoms with E-state index in [0.717, 1.165) is 47.3 Å². The molecule has 0 spiro atoms. The highest BCUT2D eigenvalue weighted by atomic mass is 16.5. The van der Waals surface area contributed by atoms with Gasteiger partial charge in [-0.25, -0.2) is 0 Å². The van der Waals surface area contributed by atoms with Gasteiger partial charge in [0.25, 0.3) is 0 Å². The van der Waals surface area contributed by atoms with Gasteiger partial charge in [-0.05, 0) is 48.6 Å². The smallest absolute Gasteiger partial charge is 0.249 e. The molecule has 0 saturated carbocycles. The molecular formula is C22H23NO4. The first-order valence-corrected chi connectivity index (χ1v) is 9.41. The maximum absolute atomic E-state index is 12.1. The van der Waals surface area contributed by atoms with Crippen molar-refractivity contribution in [2.75, 3.05) is 13.2 Å². The van der Waals surface area contributed by atoms with Crippen molar-refractivity contribution in [1.82, 2.24) is 5.32 Å². The van der Waals surface area contributed by atoms with Gasteiger partial charge in [0.2, 0.25) is 5.91 Å². The zero-order valence-corrected chi connectivity index (χ0v) is 15.4. The van der Waals surface area contributed by atoms with Crippen LogP contribution in [0.1, 0.15) is 35.7 Å². The van der Waals surface area contributed by atoms with Crippen LogP contribution < -0.4 is 10.1 Å². The zero-order chi connectivity index (χ0) is 18.8. The molecule has 0 aromatic heterocycles. The van der Waals surface area contributed by atoms with Crippen LogP contribution in [-0.2, 0) is 16.0 Å². The summed E-state index contributed by atoms with van der Waals surface area (Å²) in [7, 11) is 0. The molecule has 5 heteroatoms. The number of benzene rings is 2. The van der Waals surface area contributed by atoms with Crippen LogP contribution in [0.25, 0.3) is 11.1 Å². The fourth-order valence-corrected chi connectivity index (χ4v) is 3.76. The molecule has 0 radical (unpaired) electrons. The highest BCUT2D eigenvalue weighted by Gasteiger charge is 2.27.